The van der Waals surface area contributed by atoms with Crippen LogP contribution >= 0.6 is 0 Å². The molecule has 20 heavy (non-hydrogen) atoms. The minimum absolute atomic E-state index is 0.565. The quantitative estimate of drug-likeness (QED) is 0.740. The van der Waals surface area contributed by atoms with Crippen molar-refractivity contribution in [1.29, 1.82) is 0 Å². The Morgan fingerprint density at radius 2 is 1.55 bits per heavy atom. The third kappa shape index (κ3) is 2.26. The molecule has 0 spiro atoms. The van der Waals surface area contributed by atoms with Crippen molar-refractivity contribution >= 4 is 21.7 Å². The predicted octanol–water partition coefficient (Wildman–Crippen LogP) is 2.98. The molecule has 3 aromatic rings. The Hall–Kier alpha value is -1.97. The number of rotatable bonds is 3. The molecule has 3 rings (SSSR count). The largest absolute Gasteiger partial charge is 0.385 e. The molecule has 1 aromatic heterocycles. The van der Waals surface area contributed by atoms with Gasteiger partial charge < -0.3 is 10.0 Å². The van der Waals surface area contributed by atoms with E-state index in [1.165, 1.54) is 0 Å². The van der Waals surface area contributed by atoms with Crippen molar-refractivity contribution in [2.75, 3.05) is 20.6 Å². The molecular formula is C17H18N2O. The lowest BCUT2D eigenvalue weighted by Crippen LogP contribution is -2.21. The molecule has 0 amide bonds. The van der Waals surface area contributed by atoms with Gasteiger partial charge in [0.05, 0.1) is 11.2 Å². The summed E-state index contributed by atoms with van der Waals surface area (Å²) in [5, 5.41) is 13.7. The van der Waals surface area contributed by atoms with Gasteiger partial charge in [0.15, 0.2) is 0 Å². The number of hydrogen-bond donors (Lipinski definition) is 1. The number of para-hydroxylation sites is 1. The zero-order valence-corrected chi connectivity index (χ0v) is 11.7. The Morgan fingerprint density at radius 3 is 2.25 bits per heavy atom. The smallest absolute Gasteiger partial charge is 0.109 e. The topological polar surface area (TPSA) is 36.4 Å². The van der Waals surface area contributed by atoms with E-state index in [9.17, 15) is 5.11 Å². The number of likely N-dealkylation sites (N-methyl/N-ethyl adjacent to an activating group) is 1. The van der Waals surface area contributed by atoms with Gasteiger partial charge in [0.2, 0.25) is 0 Å². The van der Waals surface area contributed by atoms with Crippen molar-refractivity contribution in [2.45, 2.75) is 6.10 Å². The van der Waals surface area contributed by atoms with Crippen LogP contribution in [0.4, 0.5) is 0 Å². The maximum absolute atomic E-state index is 10.4. The van der Waals surface area contributed by atoms with Crippen LogP contribution in [0.25, 0.3) is 21.7 Å². The highest BCUT2D eigenvalue weighted by Gasteiger charge is 2.15. The molecule has 0 radical (unpaired) electrons. The standard InChI is InChI=1S/C17H18N2O/c1-19(2)11-16(20)17-14-9-4-3-7-12(14)13-8-5-6-10-15(13)18-17/h3-10,16,20H,11H2,1-2H3/t16-/m1/s1. The molecule has 102 valence electrons. The Labute approximate surface area is 118 Å². The summed E-state index contributed by atoms with van der Waals surface area (Å²) < 4.78 is 0. The van der Waals surface area contributed by atoms with Crippen LogP contribution < -0.4 is 0 Å². The molecule has 0 saturated carbocycles. The van der Waals surface area contributed by atoms with E-state index in [1.54, 1.807) is 0 Å². The van der Waals surface area contributed by atoms with Gasteiger partial charge in [0.25, 0.3) is 0 Å². The van der Waals surface area contributed by atoms with Crippen molar-refractivity contribution in [1.82, 2.24) is 9.88 Å². The van der Waals surface area contributed by atoms with Crippen LogP contribution in [0.5, 0.6) is 0 Å². The number of aliphatic hydroxyl groups is 1. The van der Waals surface area contributed by atoms with E-state index in [2.05, 4.69) is 17.1 Å². The van der Waals surface area contributed by atoms with Gasteiger partial charge in [-0.05, 0) is 25.5 Å². The lowest BCUT2D eigenvalue weighted by molar-refractivity contribution is 0.136. The fourth-order valence-corrected chi connectivity index (χ4v) is 2.62. The summed E-state index contributed by atoms with van der Waals surface area (Å²) in [4.78, 5) is 6.65. The normalized spacial score (nSPS) is 13.2. The lowest BCUT2D eigenvalue weighted by Gasteiger charge is -2.18. The van der Waals surface area contributed by atoms with Crippen molar-refractivity contribution in [3.05, 3.63) is 54.2 Å². The molecule has 0 unspecified atom stereocenters. The molecule has 0 saturated heterocycles. The van der Waals surface area contributed by atoms with E-state index >= 15 is 0 Å². The minimum Gasteiger partial charge on any atom is -0.385 e. The summed E-state index contributed by atoms with van der Waals surface area (Å²) in [5.74, 6) is 0. The molecule has 0 aliphatic carbocycles. The number of hydrogen-bond acceptors (Lipinski definition) is 3. The van der Waals surface area contributed by atoms with Gasteiger partial charge in [0.1, 0.15) is 6.10 Å². The van der Waals surface area contributed by atoms with E-state index in [1.807, 2.05) is 55.4 Å². The van der Waals surface area contributed by atoms with Gasteiger partial charge >= 0.3 is 0 Å². The molecule has 1 N–H and O–H groups in total. The maximum Gasteiger partial charge on any atom is 0.109 e. The van der Waals surface area contributed by atoms with Crippen LogP contribution in [0.2, 0.25) is 0 Å². The van der Waals surface area contributed by atoms with Gasteiger partial charge in [-0.1, -0.05) is 42.5 Å². The van der Waals surface area contributed by atoms with Crippen molar-refractivity contribution in [3.63, 3.8) is 0 Å². The average molecular weight is 266 g/mol. The van der Waals surface area contributed by atoms with Crippen LogP contribution in [-0.4, -0.2) is 35.6 Å². The van der Waals surface area contributed by atoms with Gasteiger partial charge in [-0.3, -0.25) is 0 Å². The second-order valence-corrected chi connectivity index (χ2v) is 5.34. The van der Waals surface area contributed by atoms with E-state index < -0.39 is 6.10 Å². The van der Waals surface area contributed by atoms with Gasteiger partial charge in [0, 0.05) is 17.3 Å². The Morgan fingerprint density at radius 1 is 0.950 bits per heavy atom. The molecule has 3 nitrogen and oxygen atoms in total. The van der Waals surface area contributed by atoms with Crippen molar-refractivity contribution in [3.8, 4) is 0 Å². The lowest BCUT2D eigenvalue weighted by atomic mass is 10.0. The van der Waals surface area contributed by atoms with E-state index in [0.29, 0.717) is 6.54 Å². The number of pyridine rings is 1. The zero-order chi connectivity index (χ0) is 14.1. The van der Waals surface area contributed by atoms with Gasteiger partial charge in [-0.25, -0.2) is 4.98 Å². The second-order valence-electron chi connectivity index (χ2n) is 5.34. The van der Waals surface area contributed by atoms with E-state index in [0.717, 1.165) is 27.4 Å². The second kappa shape index (κ2) is 5.19. The summed E-state index contributed by atoms with van der Waals surface area (Å²) in [6.45, 7) is 0.565. The summed E-state index contributed by atoms with van der Waals surface area (Å²) in [7, 11) is 3.90. The van der Waals surface area contributed by atoms with E-state index in [4.69, 9.17) is 0 Å². The number of benzene rings is 2. The Balaban J connectivity index is 2.29. The molecule has 3 heteroatoms. The fourth-order valence-electron chi connectivity index (χ4n) is 2.62. The monoisotopic (exact) mass is 266 g/mol. The first kappa shape index (κ1) is 13.0. The SMILES string of the molecule is CN(C)C[C@@H](O)c1nc2ccccc2c2ccccc12. The molecular weight excluding hydrogens is 248 g/mol. The van der Waals surface area contributed by atoms with Crippen molar-refractivity contribution < 1.29 is 5.11 Å². The fraction of sp³-hybridized carbons (Fsp3) is 0.235. The number of fused-ring (bicyclic) bond motifs is 3. The molecule has 0 aliphatic heterocycles. The Kier molecular flexibility index (Phi) is 3.38. The summed E-state index contributed by atoms with van der Waals surface area (Å²) in [5.41, 5.74) is 1.69. The van der Waals surface area contributed by atoms with Crippen molar-refractivity contribution in [2.24, 2.45) is 0 Å². The van der Waals surface area contributed by atoms with Crippen LogP contribution in [0.1, 0.15) is 11.8 Å². The Bertz CT molecular complexity index is 752. The zero-order valence-electron chi connectivity index (χ0n) is 11.7. The minimum atomic E-state index is -0.584. The number of nitrogens with zero attached hydrogens (tertiary/aromatic N) is 2. The van der Waals surface area contributed by atoms with Gasteiger partial charge in [-0.2, -0.15) is 0 Å². The number of aromatic nitrogens is 1. The summed E-state index contributed by atoms with van der Waals surface area (Å²) >= 11 is 0. The molecule has 0 fully saturated rings. The number of aliphatic hydroxyl groups excluding tert-OH is 1. The molecule has 0 bridgehead atoms. The van der Waals surface area contributed by atoms with Gasteiger partial charge in [-0.15, -0.1) is 0 Å². The highest BCUT2D eigenvalue weighted by atomic mass is 16.3. The van der Waals surface area contributed by atoms with Crippen LogP contribution in [0, 0.1) is 0 Å². The third-order valence-electron chi connectivity index (χ3n) is 3.49. The molecule has 2 aromatic carbocycles. The molecule has 0 aliphatic rings. The molecule has 1 heterocycles. The third-order valence-corrected chi connectivity index (χ3v) is 3.49. The van der Waals surface area contributed by atoms with E-state index in [-0.39, 0.29) is 0 Å². The van der Waals surface area contributed by atoms with Crippen LogP contribution in [0.15, 0.2) is 48.5 Å². The summed E-state index contributed by atoms with van der Waals surface area (Å²) in [6, 6.07) is 16.2. The maximum atomic E-state index is 10.4. The predicted molar refractivity (Wildman–Crippen MR) is 82.8 cm³/mol. The van der Waals surface area contributed by atoms with Crippen LogP contribution in [-0.2, 0) is 0 Å². The summed E-state index contributed by atoms with van der Waals surface area (Å²) in [6.07, 6.45) is -0.584. The first-order valence-electron chi connectivity index (χ1n) is 6.77. The van der Waals surface area contributed by atoms with Crippen LogP contribution in [0.3, 0.4) is 0 Å². The highest BCUT2D eigenvalue weighted by Crippen LogP contribution is 2.29. The highest BCUT2D eigenvalue weighted by molar-refractivity contribution is 6.06. The first-order chi connectivity index (χ1) is 9.66. The first-order valence-corrected chi connectivity index (χ1v) is 6.77. The average Bonchev–Trinajstić information content (AvgIpc) is 2.45. The molecule has 1 atom stereocenters.